The number of aromatic nitrogens is 1. The van der Waals surface area contributed by atoms with Gasteiger partial charge in [0.1, 0.15) is 11.2 Å². The zero-order valence-electron chi connectivity index (χ0n) is 40.9. The van der Waals surface area contributed by atoms with Crippen molar-refractivity contribution in [3.8, 4) is 16.8 Å². The van der Waals surface area contributed by atoms with Gasteiger partial charge in [0, 0.05) is 90.6 Å². The molecule has 5 nitrogen and oxygen atoms in total. The maximum Gasteiger partial charge on any atom is 0.137 e. The van der Waals surface area contributed by atoms with Crippen molar-refractivity contribution in [2.75, 3.05) is 14.7 Å². The maximum atomic E-state index is 6.91. The lowest BCUT2D eigenvalue weighted by atomic mass is 10.0. The van der Waals surface area contributed by atoms with Crippen LogP contribution >= 0.6 is 0 Å². The highest BCUT2D eigenvalue weighted by Gasteiger charge is 2.22. The van der Waals surface area contributed by atoms with Crippen LogP contribution in [0.3, 0.4) is 0 Å². The summed E-state index contributed by atoms with van der Waals surface area (Å²) in [4.78, 5) is 7.00. The first-order chi connectivity index (χ1) is 37.2. The van der Waals surface area contributed by atoms with E-state index in [9.17, 15) is 0 Å². The van der Waals surface area contributed by atoms with Crippen molar-refractivity contribution in [1.29, 1.82) is 0 Å². The summed E-state index contributed by atoms with van der Waals surface area (Å²) in [5, 5.41) is 6.90. The van der Waals surface area contributed by atoms with Crippen LogP contribution in [-0.2, 0) is 0 Å². The predicted molar refractivity (Wildman–Crippen MR) is 315 cm³/mol. The minimum atomic E-state index is 0.819. The molecule has 0 aliphatic heterocycles. The SMILES string of the molecule is c1ccc(-c2cccc(N(c3ccccc3)c3ccc4c(c3)oc3cc(N(c5ccccc5)c5ccc6c7ccc(N(c8ccccc8)c8ccc9ccccc9c8)cc7n(-c7ccccc7)c6c5)ccc34)c2)cc1. The van der Waals surface area contributed by atoms with Crippen molar-refractivity contribution >= 4 is 106 Å². The molecular weight excluding hydrogens is 913 g/mol. The summed E-state index contributed by atoms with van der Waals surface area (Å²) >= 11 is 0. The molecule has 2 aromatic heterocycles. The molecule has 14 aromatic rings. The Kier molecular flexibility index (Phi) is 10.8. The predicted octanol–water partition coefficient (Wildman–Crippen LogP) is 19.9. The normalized spacial score (nSPS) is 11.5. The van der Waals surface area contributed by atoms with Gasteiger partial charge in [-0.05, 0) is 143 Å². The molecule has 0 spiro atoms. The Labute approximate surface area is 435 Å². The summed E-state index contributed by atoms with van der Waals surface area (Å²) in [6, 6.07) is 104. The van der Waals surface area contributed by atoms with Gasteiger partial charge < -0.3 is 23.7 Å². The van der Waals surface area contributed by atoms with Crippen LogP contribution in [0.2, 0.25) is 0 Å². The van der Waals surface area contributed by atoms with E-state index < -0.39 is 0 Å². The van der Waals surface area contributed by atoms with E-state index in [1.807, 2.05) is 0 Å². The molecule has 75 heavy (non-hydrogen) atoms. The van der Waals surface area contributed by atoms with Crippen molar-refractivity contribution in [2.45, 2.75) is 0 Å². The number of nitrogens with zero attached hydrogens (tertiary/aromatic N) is 4. The molecule has 14 rings (SSSR count). The quantitative estimate of drug-likeness (QED) is 0.129. The van der Waals surface area contributed by atoms with E-state index in [2.05, 4.69) is 310 Å². The highest BCUT2D eigenvalue weighted by atomic mass is 16.3. The molecule has 0 radical (unpaired) electrons. The second-order valence-corrected chi connectivity index (χ2v) is 19.0. The van der Waals surface area contributed by atoms with Crippen LogP contribution in [0.1, 0.15) is 0 Å². The van der Waals surface area contributed by atoms with E-state index in [1.165, 1.54) is 27.1 Å². The summed E-state index contributed by atoms with van der Waals surface area (Å²) in [7, 11) is 0. The van der Waals surface area contributed by atoms with E-state index in [0.717, 1.165) is 95.4 Å². The number of fused-ring (bicyclic) bond motifs is 7. The van der Waals surface area contributed by atoms with Crippen molar-refractivity contribution in [3.63, 3.8) is 0 Å². The van der Waals surface area contributed by atoms with Crippen molar-refractivity contribution < 1.29 is 4.42 Å². The minimum absolute atomic E-state index is 0.819. The van der Waals surface area contributed by atoms with Gasteiger partial charge >= 0.3 is 0 Å². The second kappa shape index (κ2) is 18.5. The van der Waals surface area contributed by atoms with Crippen LogP contribution in [0.25, 0.3) is 71.3 Å². The standard InChI is InChI=1S/C70H48N4O/c1-6-19-49(20-7-1)52-23-18-32-57(43-52)71(53-24-8-2-9-25-53)61-37-41-65-66-42-38-62(48-70(66)75-69(65)47-61)73(55-28-12-4-13-29-55)60-36-40-64-63-39-35-59(45-67(63)74(68(64)46-60)56-30-14-5-15-31-56)72(54-26-10-3-11-27-54)58-34-33-50-21-16-17-22-51(50)44-58/h1-48H. The molecule has 0 unspecified atom stereocenters. The minimum Gasteiger partial charge on any atom is -0.456 e. The number of para-hydroxylation sites is 4. The summed E-state index contributed by atoms with van der Waals surface area (Å²) < 4.78 is 9.33. The summed E-state index contributed by atoms with van der Waals surface area (Å²) in [6.07, 6.45) is 0. The first-order valence-corrected chi connectivity index (χ1v) is 25.5. The number of benzene rings is 12. The van der Waals surface area contributed by atoms with Crippen LogP contribution < -0.4 is 14.7 Å². The fraction of sp³-hybridized carbons (Fsp3) is 0. The Morgan fingerprint density at radius 2 is 0.613 bits per heavy atom. The molecule has 0 amide bonds. The Balaban J connectivity index is 0.895. The number of furan rings is 1. The number of anilines is 9. The molecule has 0 atom stereocenters. The fourth-order valence-electron chi connectivity index (χ4n) is 11.0. The molecule has 0 saturated carbocycles. The fourth-order valence-corrected chi connectivity index (χ4v) is 11.0. The molecule has 0 bridgehead atoms. The van der Waals surface area contributed by atoms with Crippen molar-refractivity contribution in [3.05, 3.63) is 291 Å². The van der Waals surface area contributed by atoms with Crippen LogP contribution in [0.4, 0.5) is 51.2 Å². The van der Waals surface area contributed by atoms with Gasteiger partial charge in [0.05, 0.1) is 11.0 Å². The van der Waals surface area contributed by atoms with E-state index in [-0.39, 0.29) is 0 Å². The Morgan fingerprint density at radius 1 is 0.240 bits per heavy atom. The highest BCUT2D eigenvalue weighted by molar-refractivity contribution is 6.12. The van der Waals surface area contributed by atoms with Gasteiger partial charge in [-0.25, -0.2) is 0 Å². The third-order valence-corrected chi connectivity index (χ3v) is 14.5. The first-order valence-electron chi connectivity index (χ1n) is 25.5. The zero-order valence-corrected chi connectivity index (χ0v) is 40.9. The monoisotopic (exact) mass is 960 g/mol. The lowest BCUT2D eigenvalue weighted by molar-refractivity contribution is 0.669. The first kappa shape index (κ1) is 43.7. The maximum absolute atomic E-state index is 6.91. The lowest BCUT2D eigenvalue weighted by Crippen LogP contribution is -2.10. The number of hydrogen-bond acceptors (Lipinski definition) is 4. The number of rotatable bonds is 11. The van der Waals surface area contributed by atoms with Gasteiger partial charge in [0.15, 0.2) is 0 Å². The molecule has 0 N–H and O–H groups in total. The molecule has 0 aliphatic carbocycles. The van der Waals surface area contributed by atoms with Gasteiger partial charge in [0.25, 0.3) is 0 Å². The summed E-state index contributed by atoms with van der Waals surface area (Å²) in [5.41, 5.74) is 16.8. The van der Waals surface area contributed by atoms with Gasteiger partial charge in [-0.2, -0.15) is 0 Å². The van der Waals surface area contributed by atoms with Crippen molar-refractivity contribution in [1.82, 2.24) is 4.57 Å². The van der Waals surface area contributed by atoms with Gasteiger partial charge in [-0.3, -0.25) is 0 Å². The van der Waals surface area contributed by atoms with Crippen molar-refractivity contribution in [2.24, 2.45) is 0 Å². The summed E-state index contributed by atoms with van der Waals surface area (Å²) in [5.74, 6) is 0. The third kappa shape index (κ3) is 7.91. The van der Waals surface area contributed by atoms with Gasteiger partial charge in [-0.1, -0.05) is 158 Å². The Morgan fingerprint density at radius 3 is 1.13 bits per heavy atom. The third-order valence-electron chi connectivity index (χ3n) is 14.5. The molecular formula is C70H48N4O. The Hall–Kier alpha value is -10.1. The molecule has 0 fully saturated rings. The smallest absolute Gasteiger partial charge is 0.137 e. The van der Waals surface area contributed by atoms with E-state index in [4.69, 9.17) is 4.42 Å². The molecule has 2 heterocycles. The average molecular weight is 961 g/mol. The molecule has 354 valence electrons. The lowest BCUT2D eigenvalue weighted by Gasteiger charge is -2.26. The van der Waals surface area contributed by atoms with Crippen LogP contribution in [0.15, 0.2) is 296 Å². The number of hydrogen-bond donors (Lipinski definition) is 0. The van der Waals surface area contributed by atoms with Crippen LogP contribution in [0, 0.1) is 0 Å². The molecule has 0 aliphatic rings. The zero-order chi connectivity index (χ0) is 49.7. The Bertz CT molecular complexity index is 4360. The topological polar surface area (TPSA) is 27.8 Å². The van der Waals surface area contributed by atoms with Gasteiger partial charge in [0.2, 0.25) is 0 Å². The molecule has 0 saturated heterocycles. The highest BCUT2D eigenvalue weighted by Crippen LogP contribution is 2.45. The van der Waals surface area contributed by atoms with Gasteiger partial charge in [-0.15, -0.1) is 0 Å². The average Bonchev–Trinajstić information content (AvgIpc) is 4.05. The summed E-state index contributed by atoms with van der Waals surface area (Å²) in [6.45, 7) is 0. The van der Waals surface area contributed by atoms with E-state index in [0.29, 0.717) is 0 Å². The molecule has 5 heteroatoms. The largest absolute Gasteiger partial charge is 0.456 e. The second-order valence-electron chi connectivity index (χ2n) is 19.0. The van der Waals surface area contributed by atoms with Crippen LogP contribution in [0.5, 0.6) is 0 Å². The molecule has 12 aromatic carbocycles. The van der Waals surface area contributed by atoms with E-state index in [1.54, 1.807) is 0 Å². The van der Waals surface area contributed by atoms with Crippen LogP contribution in [-0.4, -0.2) is 4.57 Å². The van der Waals surface area contributed by atoms with E-state index >= 15 is 0 Å².